The zero-order chi connectivity index (χ0) is 20.9. The largest absolute Gasteiger partial charge is 0.394 e. The highest BCUT2D eigenvalue weighted by Gasteiger charge is 2.45. The standard InChI is InChI=1S/C17H31NO10/c1-11(20)10-26-6-5-24-3-4-25-7-8-27-17-14(18-12(2)21)16(23)15(22)13(9-19)28-17/h13-17,19,22-23H,3-10H2,1-2H3,(H,18,21)/t13-,14-,15+,16-,17-/m1/s1. The number of ether oxygens (including phenoxy) is 5. The maximum Gasteiger partial charge on any atom is 0.217 e. The quantitative estimate of drug-likeness (QED) is 0.228. The van der Waals surface area contributed by atoms with Crippen LogP contribution in [0.1, 0.15) is 13.8 Å². The minimum absolute atomic E-state index is 0.0432. The van der Waals surface area contributed by atoms with E-state index in [9.17, 15) is 24.9 Å². The van der Waals surface area contributed by atoms with Crippen LogP contribution in [0.25, 0.3) is 0 Å². The number of ketones is 1. The Kier molecular flexibility index (Phi) is 12.3. The summed E-state index contributed by atoms with van der Waals surface area (Å²) in [6.45, 7) is 3.92. The van der Waals surface area contributed by atoms with Gasteiger partial charge in [-0.15, -0.1) is 0 Å². The third kappa shape index (κ3) is 9.34. The minimum atomic E-state index is -1.35. The SMILES string of the molecule is CC(=O)COCCOCCOCCO[C@@H]1O[C@H](CO)[C@H](O)[C@H](O)[C@H]1NC(C)=O. The van der Waals surface area contributed by atoms with Crippen LogP contribution < -0.4 is 5.32 Å². The van der Waals surface area contributed by atoms with Crippen LogP contribution in [0.5, 0.6) is 0 Å². The second-order valence-corrected chi connectivity index (χ2v) is 6.28. The topological polar surface area (TPSA) is 153 Å². The van der Waals surface area contributed by atoms with Gasteiger partial charge in [0, 0.05) is 6.92 Å². The molecule has 164 valence electrons. The van der Waals surface area contributed by atoms with Crippen molar-refractivity contribution in [1.82, 2.24) is 5.32 Å². The molecule has 0 aliphatic carbocycles. The van der Waals surface area contributed by atoms with E-state index in [1.54, 1.807) is 0 Å². The van der Waals surface area contributed by atoms with Gasteiger partial charge < -0.3 is 44.3 Å². The van der Waals surface area contributed by atoms with Crippen molar-refractivity contribution in [2.75, 3.05) is 52.9 Å². The lowest BCUT2D eigenvalue weighted by molar-refractivity contribution is -0.272. The summed E-state index contributed by atoms with van der Waals surface area (Å²) in [6.07, 6.45) is -4.77. The van der Waals surface area contributed by atoms with Crippen LogP contribution >= 0.6 is 0 Å². The van der Waals surface area contributed by atoms with Crippen molar-refractivity contribution in [2.24, 2.45) is 0 Å². The molecule has 0 radical (unpaired) electrons. The van der Waals surface area contributed by atoms with E-state index in [1.807, 2.05) is 0 Å². The van der Waals surface area contributed by atoms with Crippen molar-refractivity contribution in [1.29, 1.82) is 0 Å². The van der Waals surface area contributed by atoms with Gasteiger partial charge in [0.25, 0.3) is 0 Å². The normalized spacial score (nSPS) is 27.5. The first-order chi connectivity index (χ1) is 13.4. The Bertz CT molecular complexity index is 463. The zero-order valence-corrected chi connectivity index (χ0v) is 16.2. The van der Waals surface area contributed by atoms with Crippen molar-refractivity contribution < 1.29 is 48.6 Å². The van der Waals surface area contributed by atoms with Gasteiger partial charge in [-0.1, -0.05) is 0 Å². The van der Waals surface area contributed by atoms with E-state index in [0.717, 1.165) is 0 Å². The minimum Gasteiger partial charge on any atom is -0.394 e. The monoisotopic (exact) mass is 409 g/mol. The molecule has 4 N–H and O–H groups in total. The molecular formula is C17H31NO10. The second kappa shape index (κ2) is 13.9. The molecule has 1 amide bonds. The summed E-state index contributed by atoms with van der Waals surface area (Å²) in [5.74, 6) is -0.463. The van der Waals surface area contributed by atoms with Crippen LogP contribution in [0.15, 0.2) is 0 Å². The van der Waals surface area contributed by atoms with Crippen LogP contribution in [-0.2, 0) is 33.3 Å². The van der Waals surface area contributed by atoms with E-state index in [0.29, 0.717) is 26.4 Å². The smallest absolute Gasteiger partial charge is 0.217 e. The average molecular weight is 409 g/mol. The molecule has 1 heterocycles. The third-order valence-corrected chi connectivity index (χ3v) is 3.81. The van der Waals surface area contributed by atoms with Crippen LogP contribution in [0.4, 0.5) is 0 Å². The first-order valence-corrected chi connectivity index (χ1v) is 9.10. The first-order valence-electron chi connectivity index (χ1n) is 9.10. The Labute approximate surface area is 163 Å². The van der Waals surface area contributed by atoms with Gasteiger partial charge in [0.15, 0.2) is 12.1 Å². The average Bonchev–Trinajstić information content (AvgIpc) is 2.64. The van der Waals surface area contributed by atoms with Gasteiger partial charge in [0.05, 0.1) is 46.2 Å². The zero-order valence-electron chi connectivity index (χ0n) is 16.2. The number of aliphatic hydroxyl groups excluding tert-OH is 3. The summed E-state index contributed by atoms with van der Waals surface area (Å²) in [7, 11) is 0. The molecule has 1 rings (SSSR count). The van der Waals surface area contributed by atoms with Crippen molar-refractivity contribution in [3.63, 3.8) is 0 Å². The number of amides is 1. The number of carbonyl (C=O) groups excluding carboxylic acids is 2. The second-order valence-electron chi connectivity index (χ2n) is 6.28. The lowest BCUT2D eigenvalue weighted by Gasteiger charge is -2.42. The van der Waals surface area contributed by atoms with Gasteiger partial charge in [-0.2, -0.15) is 0 Å². The predicted molar refractivity (Wildman–Crippen MR) is 94.5 cm³/mol. The van der Waals surface area contributed by atoms with Crippen LogP contribution in [0.2, 0.25) is 0 Å². The number of hydrogen-bond donors (Lipinski definition) is 4. The fraction of sp³-hybridized carbons (Fsp3) is 0.882. The third-order valence-electron chi connectivity index (χ3n) is 3.81. The molecule has 0 aromatic heterocycles. The van der Waals surface area contributed by atoms with Gasteiger partial charge in [-0.3, -0.25) is 9.59 Å². The fourth-order valence-corrected chi connectivity index (χ4v) is 2.49. The molecule has 28 heavy (non-hydrogen) atoms. The molecule has 11 nitrogen and oxygen atoms in total. The van der Waals surface area contributed by atoms with Crippen LogP contribution in [0.3, 0.4) is 0 Å². The molecule has 0 aromatic rings. The highest BCUT2D eigenvalue weighted by Crippen LogP contribution is 2.22. The Morgan fingerprint density at radius 2 is 1.50 bits per heavy atom. The fourth-order valence-electron chi connectivity index (χ4n) is 2.49. The molecule has 0 bridgehead atoms. The summed E-state index contributed by atoms with van der Waals surface area (Å²) < 4.78 is 26.6. The summed E-state index contributed by atoms with van der Waals surface area (Å²) >= 11 is 0. The molecule has 0 unspecified atom stereocenters. The molecule has 11 heteroatoms. The Hall–Kier alpha value is -1.18. The van der Waals surface area contributed by atoms with E-state index in [-0.39, 0.29) is 25.6 Å². The van der Waals surface area contributed by atoms with Crippen LogP contribution in [-0.4, -0.2) is 111 Å². The van der Waals surface area contributed by atoms with Crippen LogP contribution in [0, 0.1) is 0 Å². The van der Waals surface area contributed by atoms with Gasteiger partial charge in [-0.25, -0.2) is 0 Å². The predicted octanol–water partition coefficient (Wildman–Crippen LogP) is -2.41. The van der Waals surface area contributed by atoms with Gasteiger partial charge >= 0.3 is 0 Å². The Morgan fingerprint density at radius 3 is 2.04 bits per heavy atom. The van der Waals surface area contributed by atoms with Crippen molar-refractivity contribution >= 4 is 11.7 Å². The highest BCUT2D eigenvalue weighted by molar-refractivity contribution is 5.76. The molecule has 1 aliphatic rings. The molecule has 1 fully saturated rings. The first kappa shape index (κ1) is 24.9. The number of Topliss-reactive ketones (excluding diaryl/α,β-unsaturated/α-hetero) is 1. The summed E-state index contributed by atoms with van der Waals surface area (Å²) in [6, 6.07) is -0.978. The molecule has 5 atom stereocenters. The Balaban J connectivity index is 2.20. The summed E-state index contributed by atoms with van der Waals surface area (Å²) in [5.41, 5.74) is 0. The lowest BCUT2D eigenvalue weighted by Crippen LogP contribution is -2.64. The maximum absolute atomic E-state index is 11.3. The molecule has 0 spiro atoms. The van der Waals surface area contributed by atoms with E-state index in [2.05, 4.69) is 5.32 Å². The molecular weight excluding hydrogens is 378 g/mol. The molecule has 1 saturated heterocycles. The highest BCUT2D eigenvalue weighted by atomic mass is 16.7. The van der Waals surface area contributed by atoms with E-state index < -0.39 is 43.2 Å². The number of carbonyl (C=O) groups is 2. The van der Waals surface area contributed by atoms with E-state index in [1.165, 1.54) is 13.8 Å². The molecule has 0 saturated carbocycles. The Morgan fingerprint density at radius 1 is 0.929 bits per heavy atom. The van der Waals surface area contributed by atoms with Crippen molar-refractivity contribution in [3.8, 4) is 0 Å². The molecule has 1 aliphatic heterocycles. The van der Waals surface area contributed by atoms with Gasteiger partial charge in [0.1, 0.15) is 31.0 Å². The number of hydrogen-bond acceptors (Lipinski definition) is 10. The van der Waals surface area contributed by atoms with Crippen molar-refractivity contribution in [3.05, 3.63) is 0 Å². The van der Waals surface area contributed by atoms with Gasteiger partial charge in [-0.05, 0) is 6.92 Å². The van der Waals surface area contributed by atoms with Crippen molar-refractivity contribution in [2.45, 2.75) is 44.5 Å². The number of nitrogens with one attached hydrogen (secondary N) is 1. The summed E-state index contributed by atoms with van der Waals surface area (Å²) in [4.78, 5) is 22.0. The van der Waals surface area contributed by atoms with Gasteiger partial charge in [0.2, 0.25) is 5.91 Å². The van der Waals surface area contributed by atoms with E-state index >= 15 is 0 Å². The van der Waals surface area contributed by atoms with E-state index in [4.69, 9.17) is 23.7 Å². The maximum atomic E-state index is 11.3. The lowest BCUT2D eigenvalue weighted by atomic mass is 9.97. The number of rotatable bonds is 14. The summed E-state index contributed by atoms with van der Waals surface area (Å²) in [5, 5.41) is 31.8. The molecule has 0 aromatic carbocycles. The number of aliphatic hydroxyl groups is 3.